The van der Waals surface area contributed by atoms with Crippen LogP contribution in [0.3, 0.4) is 0 Å². The summed E-state index contributed by atoms with van der Waals surface area (Å²) in [5, 5.41) is 13.9. The number of fused-ring (bicyclic) bond motifs is 1. The molecule has 3 aromatic carbocycles. The van der Waals surface area contributed by atoms with E-state index in [1.54, 1.807) is 10.6 Å². The molecule has 0 bridgehead atoms. The average molecular weight is 487 g/mol. The lowest BCUT2D eigenvalue weighted by Gasteiger charge is -2.20. The van der Waals surface area contributed by atoms with Crippen LogP contribution in [-0.2, 0) is 19.3 Å². The summed E-state index contributed by atoms with van der Waals surface area (Å²) in [5.41, 5.74) is 1.92. The smallest absolute Gasteiger partial charge is 0.416 e. The number of nitrogens with zero attached hydrogens (tertiary/aromatic N) is 3. The molecule has 0 amide bonds. The molecule has 0 saturated carbocycles. The Morgan fingerprint density at radius 1 is 1.00 bits per heavy atom. The number of benzene rings is 3. The molecule has 184 valence electrons. The fourth-order valence-corrected chi connectivity index (χ4v) is 3.99. The Bertz CT molecular complexity index is 1310. The Hall–Kier alpha value is -3.59. The highest BCUT2D eigenvalue weighted by Gasteiger charge is 2.30. The SMILES string of the molecule is CCN(CC)Cc1cc(F)cc(Nc2nc3ccccc3n2Cc2ccc(C(F)(F)F)cc2)c1O. The summed E-state index contributed by atoms with van der Waals surface area (Å²) in [6, 6.07) is 14.7. The van der Waals surface area contributed by atoms with Gasteiger partial charge in [-0.1, -0.05) is 38.1 Å². The first kappa shape index (κ1) is 24.5. The first-order valence-electron chi connectivity index (χ1n) is 11.3. The van der Waals surface area contributed by atoms with Crippen LogP contribution in [0.15, 0.2) is 60.7 Å². The molecule has 0 aliphatic rings. The average Bonchev–Trinajstić information content (AvgIpc) is 3.16. The van der Waals surface area contributed by atoms with Gasteiger partial charge in [-0.25, -0.2) is 9.37 Å². The predicted molar refractivity (Wildman–Crippen MR) is 128 cm³/mol. The van der Waals surface area contributed by atoms with E-state index in [0.717, 1.165) is 30.7 Å². The number of alkyl halides is 3. The molecular weight excluding hydrogens is 460 g/mol. The van der Waals surface area contributed by atoms with E-state index >= 15 is 0 Å². The number of hydrogen-bond acceptors (Lipinski definition) is 4. The normalized spacial score (nSPS) is 12.0. The van der Waals surface area contributed by atoms with Crippen molar-refractivity contribution < 1.29 is 22.7 Å². The second-order valence-electron chi connectivity index (χ2n) is 8.25. The van der Waals surface area contributed by atoms with E-state index in [9.17, 15) is 22.7 Å². The van der Waals surface area contributed by atoms with Gasteiger partial charge in [0.05, 0.1) is 28.8 Å². The van der Waals surface area contributed by atoms with Crippen molar-refractivity contribution in [3.05, 3.63) is 83.2 Å². The third-order valence-corrected chi connectivity index (χ3v) is 5.96. The molecule has 0 saturated heterocycles. The molecule has 0 radical (unpaired) electrons. The Morgan fingerprint density at radius 3 is 2.34 bits per heavy atom. The first-order valence-corrected chi connectivity index (χ1v) is 11.3. The minimum atomic E-state index is -4.41. The highest BCUT2D eigenvalue weighted by Crippen LogP contribution is 2.34. The van der Waals surface area contributed by atoms with Gasteiger partial charge in [0.1, 0.15) is 11.6 Å². The van der Waals surface area contributed by atoms with Gasteiger partial charge >= 0.3 is 6.18 Å². The maximum Gasteiger partial charge on any atom is 0.416 e. The van der Waals surface area contributed by atoms with Crippen molar-refractivity contribution in [2.75, 3.05) is 18.4 Å². The summed E-state index contributed by atoms with van der Waals surface area (Å²) in [7, 11) is 0. The minimum Gasteiger partial charge on any atom is -0.505 e. The van der Waals surface area contributed by atoms with E-state index in [0.29, 0.717) is 29.1 Å². The summed E-state index contributed by atoms with van der Waals surface area (Å²) in [6.07, 6.45) is -4.41. The van der Waals surface area contributed by atoms with Crippen LogP contribution in [0.1, 0.15) is 30.5 Å². The van der Waals surface area contributed by atoms with E-state index in [-0.39, 0.29) is 18.0 Å². The molecule has 0 fully saturated rings. The fraction of sp³-hybridized carbons (Fsp3) is 0.269. The zero-order valence-electron chi connectivity index (χ0n) is 19.4. The van der Waals surface area contributed by atoms with Crippen LogP contribution in [0.25, 0.3) is 11.0 Å². The van der Waals surface area contributed by atoms with Crippen LogP contribution in [0.4, 0.5) is 29.2 Å². The van der Waals surface area contributed by atoms with Crippen LogP contribution in [0.5, 0.6) is 5.75 Å². The van der Waals surface area contributed by atoms with Crippen LogP contribution in [0.2, 0.25) is 0 Å². The van der Waals surface area contributed by atoms with E-state index in [1.807, 2.05) is 32.0 Å². The van der Waals surface area contributed by atoms with Crippen molar-refractivity contribution in [3.8, 4) is 5.75 Å². The summed E-state index contributed by atoms with van der Waals surface area (Å²) < 4.78 is 55.1. The number of phenolic OH excluding ortho intramolecular Hbond substituents is 1. The molecule has 9 heteroatoms. The summed E-state index contributed by atoms with van der Waals surface area (Å²) in [6.45, 7) is 6.08. The monoisotopic (exact) mass is 486 g/mol. The topological polar surface area (TPSA) is 53.3 Å². The molecular formula is C26H26F4N4O. The fourth-order valence-electron chi connectivity index (χ4n) is 3.99. The van der Waals surface area contributed by atoms with Gasteiger partial charge in [0.15, 0.2) is 0 Å². The first-order chi connectivity index (χ1) is 16.7. The third-order valence-electron chi connectivity index (χ3n) is 5.96. The molecule has 4 aromatic rings. The zero-order chi connectivity index (χ0) is 25.2. The quantitative estimate of drug-likeness (QED) is 0.220. The molecule has 35 heavy (non-hydrogen) atoms. The zero-order valence-corrected chi connectivity index (χ0v) is 19.4. The molecule has 0 spiro atoms. The highest BCUT2D eigenvalue weighted by atomic mass is 19.4. The Balaban J connectivity index is 1.71. The number of imidazole rings is 1. The number of anilines is 2. The molecule has 0 aliphatic heterocycles. The summed E-state index contributed by atoms with van der Waals surface area (Å²) >= 11 is 0. The van der Waals surface area contributed by atoms with E-state index in [1.165, 1.54) is 24.3 Å². The number of aromatic nitrogens is 2. The lowest BCUT2D eigenvalue weighted by molar-refractivity contribution is -0.137. The van der Waals surface area contributed by atoms with Gasteiger partial charge in [-0.3, -0.25) is 4.90 Å². The van der Waals surface area contributed by atoms with Crippen molar-refractivity contribution in [2.24, 2.45) is 0 Å². The number of nitrogens with one attached hydrogen (secondary N) is 1. The molecule has 0 aliphatic carbocycles. The van der Waals surface area contributed by atoms with Crippen molar-refractivity contribution in [2.45, 2.75) is 33.1 Å². The predicted octanol–water partition coefficient (Wildman–Crippen LogP) is 6.53. The maximum atomic E-state index is 14.5. The number of hydrogen-bond donors (Lipinski definition) is 2. The van der Waals surface area contributed by atoms with Crippen molar-refractivity contribution in [1.29, 1.82) is 0 Å². The molecule has 4 rings (SSSR count). The Labute approximate surface area is 200 Å². The lowest BCUT2D eigenvalue weighted by atomic mass is 10.1. The molecule has 0 unspecified atom stereocenters. The minimum absolute atomic E-state index is 0.0774. The number of aromatic hydroxyl groups is 1. The van der Waals surface area contributed by atoms with Gasteiger partial charge < -0.3 is 15.0 Å². The molecule has 5 nitrogen and oxygen atoms in total. The molecule has 1 aromatic heterocycles. The van der Waals surface area contributed by atoms with Gasteiger partial charge in [0, 0.05) is 18.2 Å². The number of phenols is 1. The Kier molecular flexibility index (Phi) is 6.98. The second-order valence-corrected chi connectivity index (χ2v) is 8.25. The van der Waals surface area contributed by atoms with Crippen LogP contribution in [0, 0.1) is 5.82 Å². The maximum absolute atomic E-state index is 14.5. The summed E-state index contributed by atoms with van der Waals surface area (Å²) in [4.78, 5) is 6.64. The second kappa shape index (κ2) is 9.95. The van der Waals surface area contributed by atoms with Crippen LogP contribution >= 0.6 is 0 Å². The van der Waals surface area contributed by atoms with Crippen molar-refractivity contribution in [3.63, 3.8) is 0 Å². The van der Waals surface area contributed by atoms with E-state index < -0.39 is 17.6 Å². The number of halogens is 4. The van der Waals surface area contributed by atoms with Gasteiger partial charge in [0.25, 0.3) is 0 Å². The van der Waals surface area contributed by atoms with Crippen molar-refractivity contribution >= 4 is 22.7 Å². The van der Waals surface area contributed by atoms with Crippen LogP contribution < -0.4 is 5.32 Å². The van der Waals surface area contributed by atoms with Gasteiger partial charge in [-0.2, -0.15) is 13.2 Å². The van der Waals surface area contributed by atoms with Gasteiger partial charge in [-0.15, -0.1) is 0 Å². The Morgan fingerprint density at radius 2 is 1.69 bits per heavy atom. The van der Waals surface area contributed by atoms with Crippen molar-refractivity contribution in [1.82, 2.24) is 14.5 Å². The van der Waals surface area contributed by atoms with Gasteiger partial charge in [-0.05, 0) is 49.0 Å². The largest absolute Gasteiger partial charge is 0.505 e. The standard InChI is InChI=1S/C26H26F4N4O/c1-3-33(4-2)16-18-13-20(27)14-22(24(18)35)32-25-31-21-7-5-6-8-23(21)34(25)15-17-9-11-19(12-10-17)26(28,29)30/h5-14,35H,3-4,15-16H2,1-2H3,(H,31,32). The lowest BCUT2D eigenvalue weighted by Crippen LogP contribution is -2.22. The summed E-state index contributed by atoms with van der Waals surface area (Å²) in [5.74, 6) is -0.245. The molecule has 1 heterocycles. The molecule has 0 atom stereocenters. The number of para-hydroxylation sites is 2. The van der Waals surface area contributed by atoms with E-state index in [4.69, 9.17) is 0 Å². The third kappa shape index (κ3) is 5.40. The van der Waals surface area contributed by atoms with E-state index in [2.05, 4.69) is 15.2 Å². The van der Waals surface area contributed by atoms with Crippen LogP contribution in [-0.4, -0.2) is 32.6 Å². The van der Waals surface area contributed by atoms with Gasteiger partial charge in [0.2, 0.25) is 5.95 Å². The molecule has 2 N–H and O–H groups in total. The highest BCUT2D eigenvalue weighted by molar-refractivity contribution is 5.80. The number of rotatable bonds is 8.